The maximum absolute atomic E-state index is 11.2. The van der Waals surface area contributed by atoms with Gasteiger partial charge in [-0.3, -0.25) is 4.55 Å². The minimum absolute atomic E-state index is 0.204. The van der Waals surface area contributed by atoms with Crippen LogP contribution in [0.15, 0.2) is 46.4 Å². The summed E-state index contributed by atoms with van der Waals surface area (Å²) in [7, 11) is -4.30. The van der Waals surface area contributed by atoms with Crippen LogP contribution in [0.3, 0.4) is 0 Å². The largest absolute Gasteiger partial charge is 0.295 e. The van der Waals surface area contributed by atoms with Gasteiger partial charge in [0.25, 0.3) is 10.1 Å². The van der Waals surface area contributed by atoms with Gasteiger partial charge in [0.15, 0.2) is 0 Å². The molecule has 0 aromatic heterocycles. The van der Waals surface area contributed by atoms with E-state index in [0.717, 1.165) is 0 Å². The van der Waals surface area contributed by atoms with Gasteiger partial charge in [-0.25, -0.2) is 0 Å². The Balaban J connectivity index is 2.93. The molecule has 0 saturated carbocycles. The highest BCUT2D eigenvalue weighted by Crippen LogP contribution is 2.30. The molecule has 7 heteroatoms. The van der Waals surface area contributed by atoms with Crippen molar-refractivity contribution in [2.24, 2.45) is 5.11 Å². The molecule has 0 aliphatic rings. The molecule has 0 heterocycles. The van der Waals surface area contributed by atoms with Crippen LogP contribution in [-0.4, -0.2) is 13.0 Å². The van der Waals surface area contributed by atoms with Gasteiger partial charge in [0.2, 0.25) is 0 Å². The predicted molar refractivity (Wildman–Crippen MR) is 62.6 cm³/mol. The second-order valence-corrected chi connectivity index (χ2v) is 4.68. The molecule has 1 N–H and O–H groups in total. The van der Waals surface area contributed by atoms with Crippen molar-refractivity contribution in [2.75, 3.05) is 0 Å². The fraction of sp³-hybridized carbons (Fsp3) is 0. The van der Waals surface area contributed by atoms with Crippen molar-refractivity contribution < 1.29 is 13.0 Å². The van der Waals surface area contributed by atoms with E-state index < -0.39 is 10.1 Å². The van der Waals surface area contributed by atoms with Crippen molar-refractivity contribution in [3.05, 3.63) is 46.8 Å². The van der Waals surface area contributed by atoms with Crippen LogP contribution in [0, 0.1) is 0 Å². The van der Waals surface area contributed by atoms with Crippen molar-refractivity contribution in [1.29, 1.82) is 0 Å². The van der Waals surface area contributed by atoms with Gasteiger partial charge in [-0.2, -0.15) is 8.42 Å². The maximum atomic E-state index is 11.2. The molecule has 6 nitrogen and oxygen atoms in total. The summed E-state index contributed by atoms with van der Waals surface area (Å²) < 4.78 is 31.4. The van der Waals surface area contributed by atoms with E-state index in [9.17, 15) is 8.42 Å². The second kappa shape index (κ2) is 4.06. The van der Waals surface area contributed by atoms with Crippen molar-refractivity contribution >= 4 is 26.6 Å². The smallest absolute Gasteiger partial charge is 0.282 e. The number of fused-ring (bicyclic) bond motifs is 1. The Bertz CT molecular complexity index is 734. The van der Waals surface area contributed by atoms with Gasteiger partial charge >= 0.3 is 0 Å². The monoisotopic (exact) mass is 249 g/mol. The summed E-state index contributed by atoms with van der Waals surface area (Å²) in [5, 5.41) is 4.25. The van der Waals surface area contributed by atoms with Gasteiger partial charge in [0, 0.05) is 16.0 Å². The van der Waals surface area contributed by atoms with Gasteiger partial charge < -0.3 is 0 Å². The summed E-state index contributed by atoms with van der Waals surface area (Å²) in [6.07, 6.45) is 0. The normalized spacial score (nSPS) is 11.1. The predicted octanol–water partition coefficient (Wildman–Crippen LogP) is 3.03. The molecule has 0 unspecified atom stereocenters. The molecule has 0 aliphatic heterocycles. The molecule has 0 amide bonds. The zero-order valence-electron chi connectivity index (χ0n) is 8.48. The number of nitrogens with zero attached hydrogens (tertiary/aromatic N) is 3. The number of rotatable bonds is 2. The Morgan fingerprint density at radius 1 is 1.12 bits per heavy atom. The average Bonchev–Trinajstić information content (AvgIpc) is 2.28. The molecule has 0 radical (unpaired) electrons. The third-order valence-electron chi connectivity index (χ3n) is 2.29. The molecular formula is C10H7N3O3S. The van der Waals surface area contributed by atoms with Gasteiger partial charge in [0.1, 0.15) is 4.90 Å². The van der Waals surface area contributed by atoms with E-state index in [0.29, 0.717) is 16.5 Å². The van der Waals surface area contributed by atoms with Crippen LogP contribution in [0.5, 0.6) is 0 Å². The van der Waals surface area contributed by atoms with Crippen molar-refractivity contribution in [3.63, 3.8) is 0 Å². The number of azide groups is 1. The molecule has 2 aromatic carbocycles. The Hall–Kier alpha value is -2.08. The minimum atomic E-state index is -4.30. The summed E-state index contributed by atoms with van der Waals surface area (Å²) in [5.41, 5.74) is 8.71. The summed E-state index contributed by atoms with van der Waals surface area (Å²) in [4.78, 5) is 2.46. The van der Waals surface area contributed by atoms with Crippen LogP contribution < -0.4 is 0 Å². The zero-order chi connectivity index (χ0) is 12.5. The standard InChI is InChI=1S/C10H7N3O3S/c11-13-12-9-5-1-4-8-7(9)3-2-6-10(8)17(14,15)16/h1-6H,(H,14,15,16). The molecule has 86 valence electrons. The molecular weight excluding hydrogens is 242 g/mol. The Kier molecular flexibility index (Phi) is 2.72. The summed E-state index contributed by atoms with van der Waals surface area (Å²) in [5.74, 6) is 0. The highest BCUT2D eigenvalue weighted by atomic mass is 32.2. The first kappa shape index (κ1) is 11.4. The van der Waals surface area contributed by atoms with Gasteiger partial charge in [-0.1, -0.05) is 35.4 Å². The third kappa shape index (κ3) is 2.07. The molecule has 2 aromatic rings. The van der Waals surface area contributed by atoms with Crippen LogP contribution in [0.1, 0.15) is 0 Å². The van der Waals surface area contributed by atoms with E-state index in [1.54, 1.807) is 18.2 Å². The molecule has 17 heavy (non-hydrogen) atoms. The molecule has 2 rings (SSSR count). The first-order valence-electron chi connectivity index (χ1n) is 4.58. The van der Waals surface area contributed by atoms with Crippen LogP contribution >= 0.6 is 0 Å². The first-order chi connectivity index (χ1) is 8.04. The van der Waals surface area contributed by atoms with Gasteiger partial charge in [-0.15, -0.1) is 0 Å². The average molecular weight is 249 g/mol. The van der Waals surface area contributed by atoms with Crippen molar-refractivity contribution in [2.45, 2.75) is 4.90 Å². The van der Waals surface area contributed by atoms with E-state index in [-0.39, 0.29) is 4.90 Å². The Labute approximate surface area is 96.9 Å². The lowest BCUT2D eigenvalue weighted by Crippen LogP contribution is -1.98. The molecule has 0 aliphatic carbocycles. The second-order valence-electron chi connectivity index (χ2n) is 3.29. The molecule has 0 bridgehead atoms. The molecule has 0 saturated heterocycles. The highest BCUT2D eigenvalue weighted by Gasteiger charge is 2.14. The van der Waals surface area contributed by atoms with Crippen LogP contribution in [0.4, 0.5) is 5.69 Å². The van der Waals surface area contributed by atoms with Crippen LogP contribution in [0.25, 0.3) is 21.2 Å². The minimum Gasteiger partial charge on any atom is -0.282 e. The lowest BCUT2D eigenvalue weighted by molar-refractivity contribution is 0.484. The molecule has 0 fully saturated rings. The number of hydrogen-bond donors (Lipinski definition) is 1. The van der Waals surface area contributed by atoms with E-state index in [2.05, 4.69) is 10.0 Å². The first-order valence-corrected chi connectivity index (χ1v) is 6.02. The van der Waals surface area contributed by atoms with E-state index >= 15 is 0 Å². The number of hydrogen-bond acceptors (Lipinski definition) is 3. The highest BCUT2D eigenvalue weighted by molar-refractivity contribution is 7.86. The lowest BCUT2D eigenvalue weighted by atomic mass is 10.1. The van der Waals surface area contributed by atoms with Crippen LogP contribution in [0.2, 0.25) is 0 Å². The topological polar surface area (TPSA) is 103 Å². The molecule has 0 atom stereocenters. The van der Waals surface area contributed by atoms with E-state index in [4.69, 9.17) is 10.1 Å². The van der Waals surface area contributed by atoms with E-state index in [1.165, 1.54) is 18.2 Å². The fourth-order valence-corrected chi connectivity index (χ4v) is 2.33. The lowest BCUT2D eigenvalue weighted by Gasteiger charge is -2.05. The zero-order valence-corrected chi connectivity index (χ0v) is 9.29. The van der Waals surface area contributed by atoms with Crippen molar-refractivity contribution in [1.82, 2.24) is 0 Å². The quantitative estimate of drug-likeness (QED) is 0.383. The maximum Gasteiger partial charge on any atom is 0.295 e. The Morgan fingerprint density at radius 2 is 1.76 bits per heavy atom. The molecule has 0 spiro atoms. The SMILES string of the molecule is [N-]=[N+]=Nc1cccc2c(S(=O)(=O)O)cccc12. The summed E-state index contributed by atoms with van der Waals surface area (Å²) in [6.45, 7) is 0. The Morgan fingerprint density at radius 3 is 2.41 bits per heavy atom. The summed E-state index contributed by atoms with van der Waals surface area (Å²) >= 11 is 0. The van der Waals surface area contributed by atoms with E-state index in [1.807, 2.05) is 0 Å². The van der Waals surface area contributed by atoms with Gasteiger partial charge in [0.05, 0.1) is 0 Å². The summed E-state index contributed by atoms with van der Waals surface area (Å²) in [6, 6.07) is 9.04. The van der Waals surface area contributed by atoms with Crippen molar-refractivity contribution in [3.8, 4) is 0 Å². The van der Waals surface area contributed by atoms with Crippen LogP contribution in [-0.2, 0) is 10.1 Å². The number of benzene rings is 2. The van der Waals surface area contributed by atoms with Gasteiger partial charge in [-0.05, 0) is 17.0 Å². The fourth-order valence-electron chi connectivity index (χ4n) is 1.62. The third-order valence-corrected chi connectivity index (χ3v) is 3.20.